The quantitative estimate of drug-likeness (QED) is 0.386. The normalized spacial score (nSPS) is 13.7. The van der Waals surface area contributed by atoms with Gasteiger partial charge in [-0.05, 0) is 78.6 Å². The average Bonchev–Trinajstić information content (AvgIpc) is 2.70. The lowest BCUT2D eigenvalue weighted by molar-refractivity contribution is -0.384. The van der Waals surface area contributed by atoms with E-state index < -0.39 is 10.8 Å². The van der Waals surface area contributed by atoms with E-state index in [0.717, 1.165) is 42.5 Å². The summed E-state index contributed by atoms with van der Waals surface area (Å²) in [5.74, 6) is -0.0351. The van der Waals surface area contributed by atoms with Crippen LogP contribution in [0.25, 0.3) is 0 Å². The lowest BCUT2D eigenvalue weighted by Gasteiger charge is -2.28. The maximum atomic E-state index is 12.5. The van der Waals surface area contributed by atoms with Gasteiger partial charge in [-0.3, -0.25) is 20.2 Å². The number of pyridine rings is 1. The molecule has 1 amide bonds. The average molecular weight is 478 g/mol. The van der Waals surface area contributed by atoms with Gasteiger partial charge in [-0.1, -0.05) is 0 Å². The molecule has 8 nitrogen and oxygen atoms in total. The van der Waals surface area contributed by atoms with E-state index in [1.165, 1.54) is 6.07 Å². The van der Waals surface area contributed by atoms with E-state index in [1.807, 2.05) is 17.9 Å². The number of piperidine rings is 1. The number of aromatic nitrogens is 1. The van der Waals surface area contributed by atoms with Gasteiger partial charge in [0.1, 0.15) is 11.5 Å². The minimum atomic E-state index is -0.523. The van der Waals surface area contributed by atoms with Crippen LogP contribution in [0.1, 0.15) is 35.3 Å². The van der Waals surface area contributed by atoms with E-state index in [-0.39, 0.29) is 16.4 Å². The fourth-order valence-electron chi connectivity index (χ4n) is 3.15. The highest BCUT2D eigenvalue weighted by molar-refractivity contribution is 9.10. The molecule has 0 saturated carbocycles. The second-order valence-corrected chi connectivity index (χ2v) is 7.94. The number of nitrogens with zero attached hydrogens (tertiary/aromatic N) is 3. The summed E-state index contributed by atoms with van der Waals surface area (Å²) in [5.41, 5.74) is 1.40. The Balaban J connectivity index is 1.72. The number of hydrogen-bond acceptors (Lipinski definition) is 6. The lowest BCUT2D eigenvalue weighted by atomic mass is 10.1. The van der Waals surface area contributed by atoms with Gasteiger partial charge >= 0.3 is 0 Å². The molecule has 2 aromatic rings. The first kappa shape index (κ1) is 21.1. The Kier molecular flexibility index (Phi) is 6.75. The van der Waals surface area contributed by atoms with Crippen molar-refractivity contribution >= 4 is 56.4 Å². The number of thiocarbonyl (C=S) groups is 1. The Bertz CT molecular complexity index is 963. The number of anilines is 2. The molecular formula is C19H20BrN5O3S. The van der Waals surface area contributed by atoms with Crippen molar-refractivity contribution in [2.24, 2.45) is 0 Å². The zero-order valence-electron chi connectivity index (χ0n) is 15.8. The summed E-state index contributed by atoms with van der Waals surface area (Å²) < 4.78 is 0.860. The number of nitro groups is 1. The molecule has 1 saturated heterocycles. The number of aryl methyl sites for hydroxylation is 1. The van der Waals surface area contributed by atoms with Gasteiger partial charge in [-0.25, -0.2) is 4.98 Å². The van der Waals surface area contributed by atoms with Crippen molar-refractivity contribution in [3.05, 3.63) is 56.2 Å². The molecule has 1 aliphatic rings. The zero-order chi connectivity index (χ0) is 21.0. The van der Waals surface area contributed by atoms with Gasteiger partial charge in [-0.2, -0.15) is 0 Å². The van der Waals surface area contributed by atoms with Crippen molar-refractivity contribution in [2.75, 3.05) is 23.3 Å². The van der Waals surface area contributed by atoms with E-state index in [4.69, 9.17) is 12.2 Å². The predicted molar refractivity (Wildman–Crippen MR) is 120 cm³/mol. The van der Waals surface area contributed by atoms with Crippen LogP contribution in [0.2, 0.25) is 0 Å². The molecule has 0 aliphatic carbocycles. The van der Waals surface area contributed by atoms with Crippen LogP contribution in [0.15, 0.2) is 34.8 Å². The summed E-state index contributed by atoms with van der Waals surface area (Å²) >= 11 is 8.53. The van der Waals surface area contributed by atoms with Gasteiger partial charge in [0.2, 0.25) is 0 Å². The molecule has 0 bridgehead atoms. The Labute approximate surface area is 182 Å². The first-order valence-corrected chi connectivity index (χ1v) is 10.3. The largest absolute Gasteiger partial charge is 0.366 e. The number of amides is 1. The van der Waals surface area contributed by atoms with E-state index in [0.29, 0.717) is 11.5 Å². The van der Waals surface area contributed by atoms with Crippen LogP contribution in [0, 0.1) is 17.0 Å². The summed E-state index contributed by atoms with van der Waals surface area (Å²) in [7, 11) is 0. The Morgan fingerprint density at radius 2 is 1.97 bits per heavy atom. The third kappa shape index (κ3) is 5.27. The van der Waals surface area contributed by atoms with Gasteiger partial charge in [0.05, 0.1) is 10.6 Å². The molecule has 0 atom stereocenters. The molecule has 1 aromatic heterocycles. The first-order chi connectivity index (χ1) is 13.8. The second kappa shape index (κ2) is 9.27. The van der Waals surface area contributed by atoms with Crippen molar-refractivity contribution in [1.29, 1.82) is 0 Å². The first-order valence-electron chi connectivity index (χ1n) is 9.14. The van der Waals surface area contributed by atoms with E-state index in [1.54, 1.807) is 18.2 Å². The monoisotopic (exact) mass is 477 g/mol. The number of rotatable bonds is 4. The summed E-state index contributed by atoms with van der Waals surface area (Å²) in [6, 6.07) is 8.04. The number of halogens is 1. The third-order valence-electron chi connectivity index (χ3n) is 4.62. The van der Waals surface area contributed by atoms with Crippen LogP contribution in [-0.4, -0.2) is 34.0 Å². The van der Waals surface area contributed by atoms with E-state index in [9.17, 15) is 14.9 Å². The van der Waals surface area contributed by atoms with Crippen molar-refractivity contribution in [1.82, 2.24) is 10.3 Å². The highest BCUT2D eigenvalue weighted by Crippen LogP contribution is 2.31. The number of nitro benzene ring substituents is 1. The second-order valence-electron chi connectivity index (χ2n) is 6.68. The van der Waals surface area contributed by atoms with Gasteiger partial charge < -0.3 is 10.2 Å². The zero-order valence-corrected chi connectivity index (χ0v) is 18.2. The highest BCUT2D eigenvalue weighted by Gasteiger charge is 2.23. The summed E-state index contributed by atoms with van der Waals surface area (Å²) in [4.78, 5) is 29.9. The Hall–Kier alpha value is -2.59. The maximum Gasteiger partial charge on any atom is 0.293 e. The standard InChI is InChI=1S/C19H20BrN5O3S/c1-12-14(20)6-8-17(21-12)22-19(29)23-18(26)13-5-7-15(16(11-13)25(27)28)24-9-3-2-4-10-24/h5-8,11H,2-4,9-10H2,1H3,(H2,21,22,23,26,29). The van der Waals surface area contributed by atoms with Crippen molar-refractivity contribution in [2.45, 2.75) is 26.2 Å². The van der Waals surface area contributed by atoms with Gasteiger partial charge in [0.15, 0.2) is 5.11 Å². The minimum absolute atomic E-state index is 0.0620. The van der Waals surface area contributed by atoms with Gasteiger partial charge in [0, 0.05) is 29.2 Å². The third-order valence-corrected chi connectivity index (χ3v) is 5.66. The molecular weight excluding hydrogens is 458 g/mol. The molecule has 29 heavy (non-hydrogen) atoms. The molecule has 2 N–H and O–H groups in total. The maximum absolute atomic E-state index is 12.5. The number of nitrogens with one attached hydrogen (secondary N) is 2. The van der Waals surface area contributed by atoms with E-state index >= 15 is 0 Å². The van der Waals surface area contributed by atoms with Crippen LogP contribution in [0.5, 0.6) is 0 Å². The van der Waals surface area contributed by atoms with Crippen LogP contribution in [0.3, 0.4) is 0 Å². The van der Waals surface area contributed by atoms with Crippen molar-refractivity contribution in [3.8, 4) is 0 Å². The molecule has 1 aliphatic heterocycles. The van der Waals surface area contributed by atoms with Crippen LogP contribution >= 0.6 is 28.1 Å². The van der Waals surface area contributed by atoms with Gasteiger partial charge in [0.25, 0.3) is 11.6 Å². The Morgan fingerprint density at radius 1 is 1.24 bits per heavy atom. The van der Waals surface area contributed by atoms with Crippen LogP contribution in [-0.2, 0) is 0 Å². The highest BCUT2D eigenvalue weighted by atomic mass is 79.9. The molecule has 0 unspecified atom stereocenters. The summed E-state index contributed by atoms with van der Waals surface area (Å²) in [5, 5.41) is 17.0. The smallest absolute Gasteiger partial charge is 0.293 e. The lowest BCUT2D eigenvalue weighted by Crippen LogP contribution is -2.34. The SMILES string of the molecule is Cc1nc(NC(=S)NC(=O)c2ccc(N3CCCCC3)c([N+](=O)[O-])c2)ccc1Br. The summed E-state index contributed by atoms with van der Waals surface area (Å²) in [6.45, 7) is 3.39. The van der Waals surface area contributed by atoms with Crippen LogP contribution < -0.4 is 15.5 Å². The van der Waals surface area contributed by atoms with Crippen LogP contribution in [0.4, 0.5) is 17.2 Å². The van der Waals surface area contributed by atoms with Crippen molar-refractivity contribution in [3.63, 3.8) is 0 Å². The fourth-order valence-corrected chi connectivity index (χ4v) is 3.57. The predicted octanol–water partition coefficient (Wildman–Crippen LogP) is 4.18. The molecule has 10 heteroatoms. The molecule has 152 valence electrons. The van der Waals surface area contributed by atoms with Crippen molar-refractivity contribution < 1.29 is 9.72 Å². The molecule has 0 radical (unpaired) electrons. The topological polar surface area (TPSA) is 100 Å². The molecule has 3 rings (SSSR count). The van der Waals surface area contributed by atoms with Gasteiger partial charge in [-0.15, -0.1) is 0 Å². The van der Waals surface area contributed by atoms with E-state index in [2.05, 4.69) is 31.5 Å². The fraction of sp³-hybridized carbons (Fsp3) is 0.316. The molecule has 0 spiro atoms. The minimum Gasteiger partial charge on any atom is -0.366 e. The number of carbonyl (C=O) groups is 1. The number of hydrogen-bond donors (Lipinski definition) is 2. The molecule has 2 heterocycles. The molecule has 1 aromatic carbocycles. The summed E-state index contributed by atoms with van der Waals surface area (Å²) in [6.07, 6.45) is 3.13. The molecule has 1 fully saturated rings. The Morgan fingerprint density at radius 3 is 2.62 bits per heavy atom. The number of benzene rings is 1. The number of carbonyl (C=O) groups excluding carboxylic acids is 1.